The van der Waals surface area contributed by atoms with E-state index in [0.717, 1.165) is 11.8 Å². The Bertz CT molecular complexity index is 511. The van der Waals surface area contributed by atoms with E-state index in [1.54, 1.807) is 0 Å². The molecular weight excluding hydrogens is 248 g/mol. The summed E-state index contributed by atoms with van der Waals surface area (Å²) in [5, 5.41) is 0. The Balaban J connectivity index is 1.89. The van der Waals surface area contributed by atoms with E-state index in [-0.39, 0.29) is 6.04 Å². The highest BCUT2D eigenvalue weighted by Gasteiger charge is 2.08. The third-order valence-corrected chi connectivity index (χ3v) is 2.63. The van der Waals surface area contributed by atoms with E-state index in [4.69, 9.17) is 10.5 Å². The van der Waals surface area contributed by atoms with Crippen LogP contribution in [-0.4, -0.2) is 12.6 Å². The van der Waals surface area contributed by atoms with Gasteiger partial charge in [-0.3, -0.25) is 0 Å². The zero-order chi connectivity index (χ0) is 13.7. The second kappa shape index (κ2) is 6.29. The molecule has 0 aromatic heterocycles. The van der Waals surface area contributed by atoms with E-state index in [0.29, 0.717) is 18.6 Å². The van der Waals surface area contributed by atoms with Crippen LogP contribution in [0.15, 0.2) is 48.5 Å². The van der Waals surface area contributed by atoms with Crippen molar-refractivity contribution in [2.24, 2.45) is 5.73 Å². The van der Waals surface area contributed by atoms with Gasteiger partial charge in [-0.15, -0.1) is 0 Å². The second-order valence-corrected chi connectivity index (χ2v) is 4.37. The van der Waals surface area contributed by atoms with Crippen LogP contribution in [0.2, 0.25) is 0 Å². The first-order valence-corrected chi connectivity index (χ1v) is 6.02. The molecule has 2 nitrogen and oxygen atoms in total. The number of hydrogen-bond donors (Lipinski definition) is 1. The van der Waals surface area contributed by atoms with Crippen molar-refractivity contribution in [1.82, 2.24) is 0 Å². The molecule has 4 heteroatoms. The Morgan fingerprint density at radius 2 is 1.63 bits per heavy atom. The van der Waals surface area contributed by atoms with Gasteiger partial charge in [-0.2, -0.15) is 0 Å². The van der Waals surface area contributed by atoms with Crippen LogP contribution < -0.4 is 10.5 Å². The van der Waals surface area contributed by atoms with E-state index in [9.17, 15) is 8.78 Å². The Hall–Kier alpha value is -1.94. The summed E-state index contributed by atoms with van der Waals surface area (Å²) in [4.78, 5) is 0. The quantitative estimate of drug-likeness (QED) is 0.900. The number of benzene rings is 2. The number of hydrogen-bond acceptors (Lipinski definition) is 2. The summed E-state index contributed by atoms with van der Waals surface area (Å²) in [7, 11) is 0. The zero-order valence-corrected chi connectivity index (χ0v) is 10.4. The van der Waals surface area contributed by atoms with Crippen LogP contribution in [0.3, 0.4) is 0 Å². The van der Waals surface area contributed by atoms with Crippen LogP contribution in [0.5, 0.6) is 5.75 Å². The molecule has 0 fully saturated rings. The van der Waals surface area contributed by atoms with Crippen molar-refractivity contribution >= 4 is 0 Å². The lowest BCUT2D eigenvalue weighted by Crippen LogP contribution is -2.30. The molecule has 2 aromatic carbocycles. The molecule has 0 saturated carbocycles. The lowest BCUT2D eigenvalue weighted by atomic mass is 10.1. The van der Waals surface area contributed by atoms with Gasteiger partial charge < -0.3 is 10.5 Å². The van der Waals surface area contributed by atoms with Gasteiger partial charge in [0.05, 0.1) is 0 Å². The third kappa shape index (κ3) is 4.34. The maximum Gasteiger partial charge on any atom is 0.126 e. The highest BCUT2D eigenvalue weighted by molar-refractivity contribution is 5.21. The fraction of sp³-hybridized carbons (Fsp3) is 0.200. The van der Waals surface area contributed by atoms with Gasteiger partial charge >= 0.3 is 0 Å². The average molecular weight is 263 g/mol. The van der Waals surface area contributed by atoms with Crippen molar-refractivity contribution in [1.29, 1.82) is 0 Å². The van der Waals surface area contributed by atoms with Gasteiger partial charge in [-0.25, -0.2) is 8.78 Å². The number of halogens is 2. The highest BCUT2D eigenvalue weighted by atomic mass is 19.1. The molecule has 1 unspecified atom stereocenters. The van der Waals surface area contributed by atoms with E-state index in [1.165, 1.54) is 12.1 Å². The maximum atomic E-state index is 13.0. The Kier molecular flexibility index (Phi) is 4.47. The predicted octanol–water partition coefficient (Wildman–Crippen LogP) is 2.91. The molecule has 0 aliphatic carbocycles. The molecule has 0 saturated heterocycles. The number of para-hydroxylation sites is 1. The Labute approximate surface area is 110 Å². The first-order chi connectivity index (χ1) is 9.13. The Morgan fingerprint density at radius 1 is 1.00 bits per heavy atom. The molecule has 2 N–H and O–H groups in total. The van der Waals surface area contributed by atoms with E-state index in [1.807, 2.05) is 30.3 Å². The molecular formula is C15H15F2NO. The van der Waals surface area contributed by atoms with Gasteiger partial charge in [0, 0.05) is 12.1 Å². The first-order valence-electron chi connectivity index (χ1n) is 6.02. The predicted molar refractivity (Wildman–Crippen MR) is 70.0 cm³/mol. The molecule has 0 aliphatic rings. The SMILES string of the molecule is NC(COc1ccccc1)Cc1cc(F)cc(F)c1. The summed E-state index contributed by atoms with van der Waals surface area (Å²) in [6, 6.07) is 12.4. The molecule has 0 spiro atoms. The number of rotatable bonds is 5. The van der Waals surface area contributed by atoms with Gasteiger partial charge in [0.15, 0.2) is 0 Å². The highest BCUT2D eigenvalue weighted by Crippen LogP contribution is 2.11. The van der Waals surface area contributed by atoms with Crippen molar-refractivity contribution in [2.75, 3.05) is 6.61 Å². The number of ether oxygens (including phenoxy) is 1. The van der Waals surface area contributed by atoms with Gasteiger partial charge in [0.25, 0.3) is 0 Å². The summed E-state index contributed by atoms with van der Waals surface area (Å²) in [6.45, 7) is 0.294. The monoisotopic (exact) mass is 263 g/mol. The zero-order valence-electron chi connectivity index (χ0n) is 10.4. The van der Waals surface area contributed by atoms with Gasteiger partial charge in [-0.05, 0) is 36.2 Å². The topological polar surface area (TPSA) is 35.2 Å². The molecule has 1 atom stereocenters. The van der Waals surface area contributed by atoms with Gasteiger partial charge in [0.2, 0.25) is 0 Å². The molecule has 2 aromatic rings. The molecule has 0 heterocycles. The van der Waals surface area contributed by atoms with E-state index in [2.05, 4.69) is 0 Å². The minimum absolute atomic E-state index is 0.294. The standard InChI is InChI=1S/C15H15F2NO/c16-12-6-11(7-13(17)9-12)8-14(18)10-19-15-4-2-1-3-5-15/h1-7,9,14H,8,10,18H2. The van der Waals surface area contributed by atoms with Gasteiger partial charge in [0.1, 0.15) is 24.0 Å². The lowest BCUT2D eigenvalue weighted by Gasteiger charge is -2.13. The summed E-state index contributed by atoms with van der Waals surface area (Å²) >= 11 is 0. The lowest BCUT2D eigenvalue weighted by molar-refractivity contribution is 0.287. The van der Waals surface area contributed by atoms with Crippen LogP contribution in [0, 0.1) is 11.6 Å². The molecule has 19 heavy (non-hydrogen) atoms. The van der Waals surface area contributed by atoms with Crippen molar-refractivity contribution < 1.29 is 13.5 Å². The van der Waals surface area contributed by atoms with Crippen molar-refractivity contribution in [2.45, 2.75) is 12.5 Å². The minimum atomic E-state index is -0.592. The molecule has 2 rings (SSSR count). The van der Waals surface area contributed by atoms with Crippen LogP contribution in [0.4, 0.5) is 8.78 Å². The molecule has 0 amide bonds. The first kappa shape index (κ1) is 13.5. The minimum Gasteiger partial charge on any atom is -0.492 e. The summed E-state index contributed by atoms with van der Waals surface area (Å²) in [5.41, 5.74) is 6.41. The second-order valence-electron chi connectivity index (χ2n) is 4.37. The van der Waals surface area contributed by atoms with E-state index < -0.39 is 11.6 Å². The van der Waals surface area contributed by atoms with Gasteiger partial charge in [-0.1, -0.05) is 18.2 Å². The summed E-state index contributed by atoms with van der Waals surface area (Å²) in [5.74, 6) is -0.458. The fourth-order valence-corrected chi connectivity index (χ4v) is 1.81. The van der Waals surface area contributed by atoms with Crippen molar-refractivity contribution in [3.05, 3.63) is 65.7 Å². The average Bonchev–Trinajstić information content (AvgIpc) is 2.36. The fourth-order valence-electron chi connectivity index (χ4n) is 1.81. The van der Waals surface area contributed by atoms with Crippen molar-refractivity contribution in [3.8, 4) is 5.75 Å². The largest absolute Gasteiger partial charge is 0.492 e. The van der Waals surface area contributed by atoms with Crippen LogP contribution in [0.1, 0.15) is 5.56 Å². The van der Waals surface area contributed by atoms with Crippen LogP contribution in [-0.2, 0) is 6.42 Å². The number of nitrogens with two attached hydrogens (primary N) is 1. The van der Waals surface area contributed by atoms with Crippen LogP contribution >= 0.6 is 0 Å². The summed E-state index contributed by atoms with van der Waals surface area (Å²) in [6.07, 6.45) is 0.363. The normalized spacial score (nSPS) is 12.2. The molecule has 100 valence electrons. The summed E-state index contributed by atoms with van der Waals surface area (Å²) < 4.78 is 31.5. The van der Waals surface area contributed by atoms with Crippen molar-refractivity contribution in [3.63, 3.8) is 0 Å². The molecule has 0 aliphatic heterocycles. The smallest absolute Gasteiger partial charge is 0.126 e. The van der Waals surface area contributed by atoms with E-state index >= 15 is 0 Å². The molecule has 0 bridgehead atoms. The third-order valence-electron chi connectivity index (χ3n) is 2.63. The Morgan fingerprint density at radius 3 is 2.26 bits per heavy atom. The molecule has 0 radical (unpaired) electrons. The van der Waals surface area contributed by atoms with Crippen LogP contribution in [0.25, 0.3) is 0 Å². The maximum absolute atomic E-state index is 13.0.